The number of carbonyl (C=O) groups is 2. The van der Waals surface area contributed by atoms with E-state index in [4.69, 9.17) is 0 Å². The Balaban J connectivity index is 1.62. The lowest BCUT2D eigenvalue weighted by molar-refractivity contribution is -0.144. The molecule has 6 heteroatoms. The molecule has 1 fully saturated rings. The summed E-state index contributed by atoms with van der Waals surface area (Å²) in [6.07, 6.45) is 3.94. The second kappa shape index (κ2) is 7.41. The third-order valence-electron chi connectivity index (χ3n) is 5.61. The molecule has 148 valence electrons. The number of hydrogen-bond donors (Lipinski definition) is 0. The number of aromatic nitrogens is 1. The normalized spacial score (nSPS) is 18.9. The molecule has 0 radical (unpaired) electrons. The van der Waals surface area contributed by atoms with Gasteiger partial charge in [-0.05, 0) is 42.7 Å². The Kier molecular flexibility index (Phi) is 4.96. The van der Waals surface area contributed by atoms with E-state index in [9.17, 15) is 14.0 Å². The number of amides is 2. The molecule has 0 saturated heterocycles. The maximum atomic E-state index is 13.4. The minimum atomic E-state index is -0.296. The maximum absolute atomic E-state index is 13.4. The third kappa shape index (κ3) is 3.55. The first-order chi connectivity index (χ1) is 13.5. The summed E-state index contributed by atoms with van der Waals surface area (Å²) in [5.74, 6) is -0.438. The van der Waals surface area contributed by atoms with Crippen molar-refractivity contribution >= 4 is 11.8 Å². The Morgan fingerprint density at radius 2 is 1.86 bits per heavy atom. The van der Waals surface area contributed by atoms with Gasteiger partial charge in [0.15, 0.2) is 0 Å². The molecule has 1 aliphatic carbocycles. The van der Waals surface area contributed by atoms with Crippen LogP contribution < -0.4 is 0 Å². The predicted molar refractivity (Wildman–Crippen MR) is 104 cm³/mol. The number of nitrogens with zero attached hydrogens (tertiary/aromatic N) is 3. The number of hydrogen-bond acceptors (Lipinski definition) is 2. The van der Waals surface area contributed by atoms with Gasteiger partial charge in [-0.15, -0.1) is 0 Å². The van der Waals surface area contributed by atoms with E-state index in [1.165, 1.54) is 12.1 Å². The second-order valence-electron chi connectivity index (χ2n) is 8.02. The Bertz CT molecular complexity index is 870. The fourth-order valence-corrected chi connectivity index (χ4v) is 3.99. The lowest BCUT2D eigenvalue weighted by Crippen LogP contribution is -2.49. The van der Waals surface area contributed by atoms with Crippen LogP contribution >= 0.6 is 0 Å². The van der Waals surface area contributed by atoms with E-state index in [0.29, 0.717) is 13.1 Å². The van der Waals surface area contributed by atoms with E-state index in [-0.39, 0.29) is 42.2 Å². The zero-order chi connectivity index (χ0) is 19.8. The van der Waals surface area contributed by atoms with Crippen molar-refractivity contribution in [3.8, 4) is 0 Å². The van der Waals surface area contributed by atoms with Crippen LogP contribution in [0.15, 0.2) is 42.6 Å². The van der Waals surface area contributed by atoms with Crippen LogP contribution in [0, 0.1) is 11.7 Å². The minimum Gasteiger partial charge on any atom is -0.348 e. The molecule has 1 aromatic heterocycles. The highest BCUT2D eigenvalue weighted by Crippen LogP contribution is 2.34. The standard InChI is InChI=1S/C22H26FN3O2/c1-15(2)22(28)26(18-9-10-18)14-20(27)25-13-12-24-11-3-4-19(24)21(25)16-5-7-17(23)8-6-16/h3-8,11,15,18,21H,9-10,12-14H2,1-2H3. The Hall–Kier alpha value is -2.63. The molecule has 2 aliphatic rings. The van der Waals surface area contributed by atoms with Crippen LogP contribution in [0.2, 0.25) is 0 Å². The number of benzene rings is 1. The van der Waals surface area contributed by atoms with Gasteiger partial charge in [-0.2, -0.15) is 0 Å². The van der Waals surface area contributed by atoms with E-state index < -0.39 is 0 Å². The summed E-state index contributed by atoms with van der Waals surface area (Å²) >= 11 is 0. The predicted octanol–water partition coefficient (Wildman–Crippen LogP) is 3.21. The zero-order valence-corrected chi connectivity index (χ0v) is 16.3. The fraction of sp³-hybridized carbons (Fsp3) is 0.455. The average Bonchev–Trinajstić information content (AvgIpc) is 3.41. The van der Waals surface area contributed by atoms with E-state index >= 15 is 0 Å². The van der Waals surface area contributed by atoms with Crippen molar-refractivity contribution in [1.82, 2.24) is 14.4 Å². The van der Waals surface area contributed by atoms with E-state index in [1.54, 1.807) is 17.0 Å². The van der Waals surface area contributed by atoms with Crippen molar-refractivity contribution in [3.05, 3.63) is 59.7 Å². The summed E-state index contributed by atoms with van der Waals surface area (Å²) in [4.78, 5) is 29.5. The fourth-order valence-electron chi connectivity index (χ4n) is 3.99. The van der Waals surface area contributed by atoms with Crippen molar-refractivity contribution < 1.29 is 14.0 Å². The third-order valence-corrected chi connectivity index (χ3v) is 5.61. The van der Waals surface area contributed by atoms with Crippen molar-refractivity contribution in [3.63, 3.8) is 0 Å². The van der Waals surface area contributed by atoms with E-state index in [2.05, 4.69) is 4.57 Å². The van der Waals surface area contributed by atoms with Gasteiger partial charge in [-0.1, -0.05) is 26.0 Å². The summed E-state index contributed by atoms with van der Waals surface area (Å²) in [7, 11) is 0. The highest BCUT2D eigenvalue weighted by atomic mass is 19.1. The summed E-state index contributed by atoms with van der Waals surface area (Å²) in [5, 5.41) is 0. The minimum absolute atomic E-state index is 0.0366. The maximum Gasteiger partial charge on any atom is 0.243 e. The van der Waals surface area contributed by atoms with Gasteiger partial charge in [-0.3, -0.25) is 9.59 Å². The van der Waals surface area contributed by atoms with Gasteiger partial charge >= 0.3 is 0 Å². The molecular formula is C22H26FN3O2. The first kappa shape index (κ1) is 18.7. The highest BCUT2D eigenvalue weighted by molar-refractivity contribution is 5.86. The van der Waals surface area contributed by atoms with Crippen LogP contribution in [0.1, 0.15) is 44.0 Å². The molecule has 4 rings (SSSR count). The molecule has 1 saturated carbocycles. The van der Waals surface area contributed by atoms with Crippen LogP contribution in [-0.2, 0) is 16.1 Å². The highest BCUT2D eigenvalue weighted by Gasteiger charge is 2.38. The smallest absolute Gasteiger partial charge is 0.243 e. The molecule has 5 nitrogen and oxygen atoms in total. The van der Waals surface area contributed by atoms with Crippen molar-refractivity contribution in [2.45, 2.75) is 45.3 Å². The molecule has 0 bridgehead atoms. The number of fused-ring (bicyclic) bond motifs is 1. The first-order valence-corrected chi connectivity index (χ1v) is 9.96. The van der Waals surface area contributed by atoms with Crippen LogP contribution in [0.5, 0.6) is 0 Å². The molecule has 28 heavy (non-hydrogen) atoms. The van der Waals surface area contributed by atoms with Gasteiger partial charge in [0, 0.05) is 36.9 Å². The quantitative estimate of drug-likeness (QED) is 0.796. The Morgan fingerprint density at radius 3 is 2.50 bits per heavy atom. The average molecular weight is 383 g/mol. The monoisotopic (exact) mass is 383 g/mol. The SMILES string of the molecule is CC(C)C(=O)N(CC(=O)N1CCn2cccc2C1c1ccc(F)cc1)C1CC1. The van der Waals surface area contributed by atoms with E-state index in [1.807, 2.05) is 37.1 Å². The zero-order valence-electron chi connectivity index (χ0n) is 16.3. The molecular weight excluding hydrogens is 357 g/mol. The summed E-state index contributed by atoms with van der Waals surface area (Å²) in [6.45, 7) is 5.14. The lowest BCUT2D eigenvalue weighted by Gasteiger charge is -2.38. The number of rotatable bonds is 5. The van der Waals surface area contributed by atoms with E-state index in [0.717, 1.165) is 24.1 Å². The molecule has 0 N–H and O–H groups in total. The van der Waals surface area contributed by atoms with Crippen molar-refractivity contribution in [2.75, 3.05) is 13.1 Å². The van der Waals surface area contributed by atoms with Gasteiger partial charge in [0.05, 0.1) is 6.04 Å². The number of carbonyl (C=O) groups excluding carboxylic acids is 2. The van der Waals surface area contributed by atoms with Gasteiger partial charge in [0.2, 0.25) is 11.8 Å². The van der Waals surface area contributed by atoms with Gasteiger partial charge in [0.1, 0.15) is 12.4 Å². The second-order valence-corrected chi connectivity index (χ2v) is 8.02. The molecule has 2 heterocycles. The molecule has 1 unspecified atom stereocenters. The molecule has 0 spiro atoms. The summed E-state index contributed by atoms with van der Waals surface area (Å²) in [5.41, 5.74) is 1.89. The van der Waals surface area contributed by atoms with Crippen molar-refractivity contribution in [2.24, 2.45) is 5.92 Å². The van der Waals surface area contributed by atoms with Crippen LogP contribution in [0.3, 0.4) is 0 Å². The topological polar surface area (TPSA) is 45.6 Å². The molecule has 1 aliphatic heterocycles. The lowest BCUT2D eigenvalue weighted by atomic mass is 9.99. The molecule has 1 atom stereocenters. The Labute approximate surface area is 164 Å². The van der Waals surface area contributed by atoms with Crippen molar-refractivity contribution in [1.29, 1.82) is 0 Å². The van der Waals surface area contributed by atoms with Gasteiger partial charge in [-0.25, -0.2) is 4.39 Å². The summed E-state index contributed by atoms with van der Waals surface area (Å²) in [6, 6.07) is 10.2. The number of halogens is 1. The molecule has 2 amide bonds. The largest absolute Gasteiger partial charge is 0.348 e. The first-order valence-electron chi connectivity index (χ1n) is 9.96. The van der Waals surface area contributed by atoms with Gasteiger partial charge < -0.3 is 14.4 Å². The van der Waals surface area contributed by atoms with Crippen LogP contribution in [0.4, 0.5) is 4.39 Å². The Morgan fingerprint density at radius 1 is 1.14 bits per heavy atom. The molecule has 1 aromatic carbocycles. The summed E-state index contributed by atoms with van der Waals surface area (Å²) < 4.78 is 15.6. The molecule has 2 aromatic rings. The van der Waals surface area contributed by atoms with Crippen LogP contribution in [-0.4, -0.2) is 45.3 Å². The van der Waals surface area contributed by atoms with Gasteiger partial charge in [0.25, 0.3) is 0 Å². The van der Waals surface area contributed by atoms with Crippen LogP contribution in [0.25, 0.3) is 0 Å².